The van der Waals surface area contributed by atoms with Crippen LogP contribution in [0, 0.1) is 11.7 Å². The van der Waals surface area contributed by atoms with Crippen molar-refractivity contribution in [3.05, 3.63) is 58.3 Å². The van der Waals surface area contributed by atoms with Crippen LogP contribution < -0.4 is 16.4 Å². The number of aromatic nitrogens is 1. The average molecular weight is 442 g/mol. The maximum absolute atomic E-state index is 14.9. The minimum atomic E-state index is -0.538. The first kappa shape index (κ1) is 22.2. The Hall–Kier alpha value is -2.97. The summed E-state index contributed by atoms with van der Waals surface area (Å²) < 4.78 is 27.1. The van der Waals surface area contributed by atoms with Crippen LogP contribution in [-0.4, -0.2) is 42.3 Å². The fraction of sp³-hybridized carbons (Fsp3) is 0.417. The Morgan fingerprint density at radius 1 is 1.25 bits per heavy atom. The highest BCUT2D eigenvalue weighted by Gasteiger charge is 2.24. The highest BCUT2D eigenvalue weighted by Crippen LogP contribution is 2.26. The number of aryl methyl sites for hydroxylation is 1. The number of nitrogens with zero attached hydrogens (tertiary/aromatic N) is 1. The molecule has 32 heavy (non-hydrogen) atoms. The highest BCUT2D eigenvalue weighted by molar-refractivity contribution is 5.82. The van der Waals surface area contributed by atoms with E-state index in [1.54, 1.807) is 31.3 Å². The summed E-state index contributed by atoms with van der Waals surface area (Å²) in [5.74, 6) is -0.604. The number of carbonyl (C=O) groups excluding carboxylic acids is 1. The molecule has 0 bridgehead atoms. The minimum absolute atomic E-state index is 0.185. The molecule has 2 aromatic carbocycles. The molecule has 8 heteroatoms. The predicted molar refractivity (Wildman–Crippen MR) is 120 cm³/mol. The van der Waals surface area contributed by atoms with E-state index in [-0.39, 0.29) is 17.8 Å². The molecule has 7 nitrogen and oxygen atoms in total. The molecule has 0 saturated carbocycles. The van der Waals surface area contributed by atoms with E-state index in [1.807, 2.05) is 13.0 Å². The summed E-state index contributed by atoms with van der Waals surface area (Å²) in [6.07, 6.45) is -0.174. The molecule has 0 unspecified atom stereocenters. The third kappa shape index (κ3) is 4.76. The fourth-order valence-electron chi connectivity index (χ4n) is 3.94. The molecule has 1 amide bonds. The summed E-state index contributed by atoms with van der Waals surface area (Å²) in [7, 11) is 1.63. The van der Waals surface area contributed by atoms with E-state index < -0.39 is 11.9 Å². The van der Waals surface area contributed by atoms with Gasteiger partial charge in [-0.1, -0.05) is 25.1 Å². The summed E-state index contributed by atoms with van der Waals surface area (Å²) in [5.41, 5.74) is 3.15. The van der Waals surface area contributed by atoms with Crippen LogP contribution in [0.15, 0.2) is 45.6 Å². The van der Waals surface area contributed by atoms with Crippen LogP contribution >= 0.6 is 0 Å². The summed E-state index contributed by atoms with van der Waals surface area (Å²) in [4.78, 5) is 24.2. The van der Waals surface area contributed by atoms with Gasteiger partial charge < -0.3 is 19.8 Å². The monoisotopic (exact) mass is 441 g/mol. The number of hydrogen-bond donors (Lipinski definition) is 2. The lowest BCUT2D eigenvalue weighted by atomic mass is 10.00. The lowest BCUT2D eigenvalue weighted by Crippen LogP contribution is -2.45. The number of amides is 1. The smallest absolute Gasteiger partial charge is 0.408 e. The Morgan fingerprint density at radius 3 is 2.78 bits per heavy atom. The van der Waals surface area contributed by atoms with Crippen LogP contribution in [0.1, 0.15) is 19.4 Å². The number of carbonyl (C=O) groups is 1. The summed E-state index contributed by atoms with van der Waals surface area (Å²) in [6.45, 7) is 5.75. The Bertz CT molecular complexity index is 1190. The van der Waals surface area contributed by atoms with Crippen LogP contribution in [0.3, 0.4) is 0 Å². The van der Waals surface area contributed by atoms with E-state index in [2.05, 4.69) is 17.6 Å². The quantitative estimate of drug-likeness (QED) is 0.636. The third-order valence-electron chi connectivity index (χ3n) is 5.79. The molecule has 1 fully saturated rings. The molecule has 1 aliphatic rings. The number of halogens is 1. The van der Waals surface area contributed by atoms with Gasteiger partial charge in [0.25, 0.3) is 5.91 Å². The average Bonchev–Trinajstić information content (AvgIpc) is 2.90. The maximum atomic E-state index is 14.9. The van der Waals surface area contributed by atoms with Gasteiger partial charge in [0.15, 0.2) is 5.58 Å². The van der Waals surface area contributed by atoms with E-state index in [9.17, 15) is 14.0 Å². The molecule has 1 aliphatic heterocycles. The first-order valence-corrected chi connectivity index (χ1v) is 10.8. The number of hydrogen-bond acceptors (Lipinski definition) is 5. The minimum Gasteiger partial charge on any atom is -0.408 e. The van der Waals surface area contributed by atoms with Gasteiger partial charge in [0.1, 0.15) is 11.9 Å². The Labute approximate surface area is 185 Å². The zero-order valence-electron chi connectivity index (χ0n) is 18.5. The molecule has 2 N–H and O–H groups in total. The van der Waals surface area contributed by atoms with Crippen molar-refractivity contribution in [1.82, 2.24) is 15.2 Å². The summed E-state index contributed by atoms with van der Waals surface area (Å²) in [6, 6.07) is 10.1. The molecule has 0 spiro atoms. The molecule has 0 radical (unpaired) electrons. The Balaban J connectivity index is 1.43. The maximum Gasteiger partial charge on any atom is 0.419 e. The summed E-state index contributed by atoms with van der Waals surface area (Å²) >= 11 is 0. The molecular formula is C24H28FN3O4. The molecule has 170 valence electrons. The van der Waals surface area contributed by atoms with Gasteiger partial charge >= 0.3 is 5.76 Å². The molecule has 1 saturated heterocycles. The van der Waals surface area contributed by atoms with Gasteiger partial charge in [-0.25, -0.2) is 9.18 Å². The van der Waals surface area contributed by atoms with Crippen molar-refractivity contribution in [3.8, 4) is 11.1 Å². The number of ether oxygens (including phenoxy) is 1. The number of nitrogens with one attached hydrogen (secondary N) is 2. The van der Waals surface area contributed by atoms with E-state index in [0.29, 0.717) is 47.7 Å². The topological polar surface area (TPSA) is 85.5 Å². The SMILES string of the molecule is C[C@H]1CNC[C@@H](C(=O)N[C@H](C)Cc2ccc(-c3ccc4oc(=O)n(C)c4c3)cc2F)OC1. The highest BCUT2D eigenvalue weighted by atomic mass is 19.1. The van der Waals surface area contributed by atoms with Gasteiger partial charge in [0, 0.05) is 26.2 Å². The van der Waals surface area contributed by atoms with Gasteiger partial charge in [-0.05, 0) is 54.2 Å². The third-order valence-corrected chi connectivity index (χ3v) is 5.79. The van der Waals surface area contributed by atoms with Gasteiger partial charge in [-0.2, -0.15) is 0 Å². The molecule has 0 aliphatic carbocycles. The second kappa shape index (κ2) is 9.26. The van der Waals surface area contributed by atoms with Crippen molar-refractivity contribution in [2.75, 3.05) is 19.7 Å². The molecule has 1 aromatic heterocycles. The van der Waals surface area contributed by atoms with Crippen molar-refractivity contribution < 1.29 is 18.3 Å². The lowest BCUT2D eigenvalue weighted by Gasteiger charge is -2.20. The number of rotatable bonds is 5. The fourth-order valence-corrected chi connectivity index (χ4v) is 3.94. The molecular weight excluding hydrogens is 413 g/mol. The van der Waals surface area contributed by atoms with E-state index in [1.165, 1.54) is 10.6 Å². The van der Waals surface area contributed by atoms with E-state index >= 15 is 0 Å². The normalized spacial score (nSPS) is 20.1. The van der Waals surface area contributed by atoms with Crippen molar-refractivity contribution in [1.29, 1.82) is 0 Å². The summed E-state index contributed by atoms with van der Waals surface area (Å²) in [5, 5.41) is 6.16. The van der Waals surface area contributed by atoms with Gasteiger partial charge in [0.2, 0.25) is 0 Å². The van der Waals surface area contributed by atoms with Crippen LogP contribution in [0.4, 0.5) is 4.39 Å². The zero-order valence-corrected chi connectivity index (χ0v) is 18.5. The van der Waals surface area contributed by atoms with Gasteiger partial charge in [0.05, 0.1) is 12.1 Å². The first-order chi connectivity index (χ1) is 15.3. The van der Waals surface area contributed by atoms with Crippen molar-refractivity contribution >= 4 is 17.0 Å². The second-order valence-corrected chi connectivity index (χ2v) is 8.61. The van der Waals surface area contributed by atoms with Crippen molar-refractivity contribution in [2.24, 2.45) is 13.0 Å². The van der Waals surface area contributed by atoms with Gasteiger partial charge in [-0.15, -0.1) is 0 Å². The first-order valence-electron chi connectivity index (χ1n) is 10.8. The standard InChI is InChI=1S/C24H28FN3O4/c1-14-11-26-12-22(31-13-14)23(29)27-15(2)8-18-5-4-16(9-19(18)25)17-6-7-21-20(10-17)28(3)24(30)32-21/h4-7,9-10,14-15,22,26H,8,11-13H2,1-3H3,(H,27,29)/t14-,15+,22-/m0/s1. The molecule has 3 aromatic rings. The number of benzene rings is 2. The second-order valence-electron chi connectivity index (χ2n) is 8.61. The number of fused-ring (bicyclic) bond motifs is 1. The van der Waals surface area contributed by atoms with Crippen LogP contribution in [0.5, 0.6) is 0 Å². The molecule has 3 atom stereocenters. The predicted octanol–water partition coefficient (Wildman–Crippen LogP) is 2.61. The van der Waals surface area contributed by atoms with Crippen molar-refractivity contribution in [3.63, 3.8) is 0 Å². The van der Waals surface area contributed by atoms with Crippen LogP contribution in [0.2, 0.25) is 0 Å². The lowest BCUT2D eigenvalue weighted by molar-refractivity contribution is -0.133. The molecule has 2 heterocycles. The van der Waals surface area contributed by atoms with Gasteiger partial charge in [-0.3, -0.25) is 9.36 Å². The van der Waals surface area contributed by atoms with Crippen molar-refractivity contribution in [2.45, 2.75) is 32.4 Å². The van der Waals surface area contributed by atoms with Crippen LogP contribution in [-0.2, 0) is 23.0 Å². The Morgan fingerprint density at radius 2 is 2.00 bits per heavy atom. The largest absolute Gasteiger partial charge is 0.419 e. The number of oxazole rings is 1. The zero-order chi connectivity index (χ0) is 22.8. The Kier molecular flexibility index (Phi) is 6.43. The van der Waals surface area contributed by atoms with Crippen LogP contribution in [0.25, 0.3) is 22.2 Å². The molecule has 4 rings (SSSR count). The van der Waals surface area contributed by atoms with E-state index in [4.69, 9.17) is 9.15 Å². The van der Waals surface area contributed by atoms with E-state index in [0.717, 1.165) is 12.1 Å².